The average molecular weight is 557 g/mol. The van der Waals surface area contributed by atoms with Crippen LogP contribution < -0.4 is 5.32 Å². The van der Waals surface area contributed by atoms with Gasteiger partial charge in [-0.15, -0.1) is 24.0 Å². The SMILES string of the molecule is CN=C(NCC(C)(C)c1cccc(C(F)(F)F)c1)N1CCC(OCCCOC)CC1.I. The first-order valence-electron chi connectivity index (χ1n) is 10.4. The highest BCUT2D eigenvalue weighted by atomic mass is 127. The molecule has 0 amide bonds. The van der Waals surface area contributed by atoms with E-state index in [4.69, 9.17) is 9.47 Å². The van der Waals surface area contributed by atoms with Crippen LogP contribution in [0.1, 0.15) is 44.2 Å². The number of methoxy groups -OCH3 is 1. The van der Waals surface area contributed by atoms with Crippen molar-refractivity contribution in [3.05, 3.63) is 35.4 Å². The summed E-state index contributed by atoms with van der Waals surface area (Å²) in [5.41, 5.74) is -0.464. The molecule has 1 aromatic rings. The van der Waals surface area contributed by atoms with Crippen LogP contribution in [0.25, 0.3) is 0 Å². The minimum Gasteiger partial charge on any atom is -0.385 e. The summed E-state index contributed by atoms with van der Waals surface area (Å²) in [5.74, 6) is 0.771. The zero-order chi connectivity index (χ0) is 22.2. The third kappa shape index (κ3) is 8.76. The zero-order valence-electron chi connectivity index (χ0n) is 18.8. The van der Waals surface area contributed by atoms with Crippen molar-refractivity contribution in [2.75, 3.05) is 47.0 Å². The molecule has 0 atom stereocenters. The van der Waals surface area contributed by atoms with E-state index in [0.717, 1.165) is 44.4 Å². The molecule has 1 aromatic carbocycles. The van der Waals surface area contributed by atoms with Crippen LogP contribution in [0.5, 0.6) is 0 Å². The Morgan fingerprint density at radius 3 is 2.39 bits per heavy atom. The first-order chi connectivity index (χ1) is 14.2. The van der Waals surface area contributed by atoms with Gasteiger partial charge in [0.1, 0.15) is 0 Å². The summed E-state index contributed by atoms with van der Waals surface area (Å²) in [6, 6.07) is 5.54. The van der Waals surface area contributed by atoms with Crippen molar-refractivity contribution in [1.82, 2.24) is 10.2 Å². The molecule has 2 rings (SSSR count). The molecule has 1 aliphatic heterocycles. The number of guanidine groups is 1. The molecule has 31 heavy (non-hydrogen) atoms. The zero-order valence-corrected chi connectivity index (χ0v) is 21.1. The Hall–Kier alpha value is -1.07. The molecular weight excluding hydrogens is 522 g/mol. The molecule has 0 aromatic heterocycles. The van der Waals surface area contributed by atoms with Crippen LogP contribution in [-0.4, -0.2) is 64.0 Å². The van der Waals surface area contributed by atoms with E-state index in [1.54, 1.807) is 20.2 Å². The first kappa shape index (κ1) is 28.0. The van der Waals surface area contributed by atoms with Crippen LogP contribution in [0.4, 0.5) is 13.2 Å². The lowest BCUT2D eigenvalue weighted by Crippen LogP contribution is -2.49. The Labute approximate surface area is 200 Å². The largest absolute Gasteiger partial charge is 0.416 e. The monoisotopic (exact) mass is 557 g/mol. The van der Waals surface area contributed by atoms with Crippen molar-refractivity contribution < 1.29 is 22.6 Å². The number of nitrogens with zero attached hydrogens (tertiary/aromatic N) is 2. The second-order valence-electron chi connectivity index (χ2n) is 8.27. The van der Waals surface area contributed by atoms with E-state index in [1.165, 1.54) is 12.1 Å². The normalized spacial score (nSPS) is 16.2. The quantitative estimate of drug-likeness (QED) is 0.218. The summed E-state index contributed by atoms with van der Waals surface area (Å²) in [6.45, 7) is 7.42. The van der Waals surface area contributed by atoms with Crippen molar-refractivity contribution in [2.24, 2.45) is 4.99 Å². The smallest absolute Gasteiger partial charge is 0.385 e. The number of alkyl halides is 3. The molecular formula is C22H35F3IN3O2. The van der Waals surface area contributed by atoms with Gasteiger partial charge < -0.3 is 19.7 Å². The molecule has 0 aliphatic carbocycles. The number of nitrogens with one attached hydrogen (secondary N) is 1. The Morgan fingerprint density at radius 2 is 1.81 bits per heavy atom. The molecule has 1 N–H and O–H groups in total. The van der Waals surface area contributed by atoms with Crippen molar-refractivity contribution >= 4 is 29.9 Å². The minimum absolute atomic E-state index is 0. The lowest BCUT2D eigenvalue weighted by molar-refractivity contribution is -0.137. The molecule has 0 radical (unpaired) electrons. The molecule has 1 aliphatic rings. The van der Waals surface area contributed by atoms with Gasteiger partial charge in [0.2, 0.25) is 0 Å². The Balaban J connectivity index is 0.00000480. The van der Waals surface area contributed by atoms with Gasteiger partial charge >= 0.3 is 6.18 Å². The van der Waals surface area contributed by atoms with Gasteiger partial charge in [-0.1, -0.05) is 32.0 Å². The van der Waals surface area contributed by atoms with Crippen LogP contribution >= 0.6 is 24.0 Å². The average Bonchev–Trinajstić information content (AvgIpc) is 2.72. The minimum atomic E-state index is -4.34. The highest BCUT2D eigenvalue weighted by Gasteiger charge is 2.32. The summed E-state index contributed by atoms with van der Waals surface area (Å²) in [5, 5.41) is 3.35. The van der Waals surface area contributed by atoms with Crippen molar-refractivity contribution in [2.45, 2.75) is 50.8 Å². The molecule has 0 saturated carbocycles. The van der Waals surface area contributed by atoms with Gasteiger partial charge in [0.15, 0.2) is 5.96 Å². The van der Waals surface area contributed by atoms with Crippen molar-refractivity contribution in [3.63, 3.8) is 0 Å². The summed E-state index contributed by atoms with van der Waals surface area (Å²) in [4.78, 5) is 6.55. The Kier molecular flexibility index (Phi) is 11.6. The van der Waals surface area contributed by atoms with Gasteiger partial charge in [0, 0.05) is 52.4 Å². The number of likely N-dealkylation sites (tertiary alicyclic amines) is 1. The van der Waals surface area contributed by atoms with Crippen molar-refractivity contribution in [1.29, 1.82) is 0 Å². The molecule has 1 heterocycles. The molecule has 1 saturated heterocycles. The van der Waals surface area contributed by atoms with Gasteiger partial charge in [0.05, 0.1) is 11.7 Å². The van der Waals surface area contributed by atoms with E-state index in [2.05, 4.69) is 15.2 Å². The molecule has 9 heteroatoms. The highest BCUT2D eigenvalue weighted by molar-refractivity contribution is 14.0. The number of hydrogen-bond donors (Lipinski definition) is 1. The number of piperidine rings is 1. The highest BCUT2D eigenvalue weighted by Crippen LogP contribution is 2.32. The molecule has 5 nitrogen and oxygen atoms in total. The van der Waals surface area contributed by atoms with Crippen LogP contribution in [-0.2, 0) is 21.1 Å². The maximum atomic E-state index is 13.1. The summed E-state index contributed by atoms with van der Waals surface area (Å²) in [7, 11) is 3.42. The molecule has 1 fully saturated rings. The third-order valence-corrected chi connectivity index (χ3v) is 5.46. The lowest BCUT2D eigenvalue weighted by atomic mass is 9.84. The predicted molar refractivity (Wildman–Crippen MR) is 128 cm³/mol. The van der Waals surface area contributed by atoms with E-state index in [-0.39, 0.29) is 30.1 Å². The van der Waals surface area contributed by atoms with Gasteiger partial charge in [0.25, 0.3) is 0 Å². The predicted octanol–water partition coefficient (Wildman–Crippen LogP) is 4.69. The van der Waals surface area contributed by atoms with Gasteiger partial charge in [-0.3, -0.25) is 4.99 Å². The van der Waals surface area contributed by atoms with Gasteiger partial charge in [-0.25, -0.2) is 0 Å². The number of ether oxygens (including phenoxy) is 2. The second kappa shape index (κ2) is 12.8. The van der Waals surface area contributed by atoms with Gasteiger partial charge in [-0.2, -0.15) is 13.2 Å². The topological polar surface area (TPSA) is 46.1 Å². The standard InChI is InChI=1S/C22H34F3N3O2.HI/c1-21(2,17-7-5-8-18(15-17)22(23,24)25)16-27-20(26-3)28-11-9-19(10-12-28)30-14-6-13-29-4;/h5,7-8,15,19H,6,9-14,16H2,1-4H3,(H,26,27);1H. The fourth-order valence-corrected chi connectivity index (χ4v) is 3.54. The Bertz CT molecular complexity index is 691. The molecule has 0 bridgehead atoms. The molecule has 178 valence electrons. The number of hydrogen-bond acceptors (Lipinski definition) is 3. The van der Waals surface area contributed by atoms with Crippen LogP contribution in [0.15, 0.2) is 29.3 Å². The molecule has 0 spiro atoms. The van der Waals surface area contributed by atoms with E-state index < -0.39 is 17.2 Å². The fourth-order valence-electron chi connectivity index (χ4n) is 3.54. The molecule has 0 unspecified atom stereocenters. The summed E-state index contributed by atoms with van der Waals surface area (Å²) in [6.07, 6.45) is -1.36. The van der Waals surface area contributed by atoms with Crippen LogP contribution in [0.3, 0.4) is 0 Å². The van der Waals surface area contributed by atoms with Crippen LogP contribution in [0.2, 0.25) is 0 Å². The summed E-state index contributed by atoms with van der Waals surface area (Å²) >= 11 is 0. The lowest BCUT2D eigenvalue weighted by Gasteiger charge is -2.35. The van der Waals surface area contributed by atoms with Crippen molar-refractivity contribution in [3.8, 4) is 0 Å². The number of rotatable bonds is 8. The maximum Gasteiger partial charge on any atom is 0.416 e. The number of halogens is 4. The van der Waals surface area contributed by atoms with Crippen LogP contribution in [0, 0.1) is 0 Å². The number of aliphatic imine (C=N–C) groups is 1. The second-order valence-corrected chi connectivity index (χ2v) is 8.27. The fraction of sp³-hybridized carbons (Fsp3) is 0.682. The first-order valence-corrected chi connectivity index (χ1v) is 10.4. The van der Waals surface area contributed by atoms with Gasteiger partial charge in [-0.05, 0) is 30.9 Å². The van der Waals surface area contributed by atoms with E-state index in [9.17, 15) is 13.2 Å². The van der Waals surface area contributed by atoms with E-state index in [1.807, 2.05) is 13.8 Å². The summed E-state index contributed by atoms with van der Waals surface area (Å²) < 4.78 is 50.1. The van der Waals surface area contributed by atoms with E-state index >= 15 is 0 Å². The number of benzene rings is 1. The Morgan fingerprint density at radius 1 is 1.16 bits per heavy atom. The van der Waals surface area contributed by atoms with E-state index in [0.29, 0.717) is 25.3 Å². The third-order valence-electron chi connectivity index (χ3n) is 5.46. The maximum absolute atomic E-state index is 13.1.